The molecule has 1 aliphatic rings. The summed E-state index contributed by atoms with van der Waals surface area (Å²) in [5.74, 6) is 1.16. The highest BCUT2D eigenvalue weighted by molar-refractivity contribution is 7.07. The maximum absolute atomic E-state index is 14.3. The van der Waals surface area contributed by atoms with Gasteiger partial charge in [-0.05, 0) is 68.3 Å². The molecule has 0 N–H and O–H groups in total. The maximum atomic E-state index is 14.3. The molecule has 4 aromatic carbocycles. The van der Waals surface area contributed by atoms with Crippen molar-refractivity contribution in [1.29, 1.82) is 5.26 Å². The molecule has 6 rings (SSSR count). The van der Waals surface area contributed by atoms with E-state index in [9.17, 15) is 14.9 Å². The Hall–Kier alpha value is -5.92. The fraction of sp³-hybridized carbons (Fsp3) is 0.200. The summed E-state index contributed by atoms with van der Waals surface area (Å²) in [6.45, 7) is 6.81. The minimum absolute atomic E-state index is 0.164. The van der Waals surface area contributed by atoms with Crippen LogP contribution < -0.4 is 29.1 Å². The minimum atomic E-state index is -0.801. The SMILES string of the molecule is CCOC(=O)C1=C(c2ccccc2)N=c2s/c(=C/c3ccc(OCc4ccccc4C#N)c(OCC)c3)c(=O)n2[C@H]1c1ccc(OCC)cc1. The number of aromatic nitrogens is 1. The number of ether oxygens (including phenoxy) is 4. The van der Waals surface area contributed by atoms with Gasteiger partial charge >= 0.3 is 5.97 Å². The zero-order valence-electron chi connectivity index (χ0n) is 27.9. The molecule has 0 spiro atoms. The Morgan fingerprint density at radius 2 is 1.62 bits per heavy atom. The summed E-state index contributed by atoms with van der Waals surface area (Å²) in [6.07, 6.45) is 1.78. The third-order valence-electron chi connectivity index (χ3n) is 7.97. The number of rotatable bonds is 12. The molecule has 1 aromatic heterocycles. The van der Waals surface area contributed by atoms with Crippen LogP contribution in [-0.2, 0) is 16.1 Å². The van der Waals surface area contributed by atoms with Gasteiger partial charge in [-0.3, -0.25) is 9.36 Å². The summed E-state index contributed by atoms with van der Waals surface area (Å²) in [4.78, 5) is 33.5. The number of nitrogens with zero attached hydrogens (tertiary/aromatic N) is 3. The molecule has 0 amide bonds. The number of benzene rings is 4. The van der Waals surface area contributed by atoms with Gasteiger partial charge in [-0.15, -0.1) is 0 Å². The van der Waals surface area contributed by atoms with E-state index in [0.717, 1.165) is 11.1 Å². The molecular weight excluding hydrogens is 651 g/mol. The molecule has 0 aliphatic carbocycles. The van der Waals surface area contributed by atoms with Crippen LogP contribution in [0.25, 0.3) is 11.8 Å². The first-order valence-electron chi connectivity index (χ1n) is 16.3. The summed E-state index contributed by atoms with van der Waals surface area (Å²) in [5, 5.41) is 9.47. The van der Waals surface area contributed by atoms with Crippen LogP contribution in [-0.4, -0.2) is 30.4 Å². The third-order valence-corrected chi connectivity index (χ3v) is 8.95. The maximum Gasteiger partial charge on any atom is 0.338 e. The van der Waals surface area contributed by atoms with Crippen molar-refractivity contribution in [3.8, 4) is 23.3 Å². The summed E-state index contributed by atoms with van der Waals surface area (Å²) in [7, 11) is 0. The Morgan fingerprint density at radius 3 is 2.34 bits per heavy atom. The first-order valence-corrected chi connectivity index (χ1v) is 17.2. The molecule has 0 bridgehead atoms. The number of nitriles is 1. The Labute approximate surface area is 293 Å². The van der Waals surface area contributed by atoms with Crippen molar-refractivity contribution in [2.75, 3.05) is 19.8 Å². The molecule has 5 aromatic rings. The van der Waals surface area contributed by atoms with Gasteiger partial charge in [0.1, 0.15) is 12.4 Å². The van der Waals surface area contributed by atoms with E-state index < -0.39 is 12.0 Å². The minimum Gasteiger partial charge on any atom is -0.494 e. The van der Waals surface area contributed by atoms with Crippen LogP contribution in [0.15, 0.2) is 112 Å². The molecule has 0 unspecified atom stereocenters. The normalized spacial score (nSPS) is 14.0. The van der Waals surface area contributed by atoms with Crippen molar-refractivity contribution in [3.63, 3.8) is 0 Å². The monoisotopic (exact) mass is 685 g/mol. The Morgan fingerprint density at radius 1 is 0.880 bits per heavy atom. The van der Waals surface area contributed by atoms with Crippen molar-refractivity contribution in [2.24, 2.45) is 4.99 Å². The first-order chi connectivity index (χ1) is 24.4. The third kappa shape index (κ3) is 7.09. The highest BCUT2D eigenvalue weighted by Gasteiger charge is 2.35. The first kappa shape index (κ1) is 34.0. The van der Waals surface area contributed by atoms with Crippen LogP contribution >= 0.6 is 11.3 Å². The van der Waals surface area contributed by atoms with Gasteiger partial charge in [0.05, 0.1) is 53.3 Å². The molecule has 0 radical (unpaired) electrons. The zero-order chi connectivity index (χ0) is 35.0. The molecule has 10 heteroatoms. The van der Waals surface area contributed by atoms with Gasteiger partial charge in [-0.1, -0.05) is 78.1 Å². The van der Waals surface area contributed by atoms with Gasteiger partial charge in [-0.2, -0.15) is 5.26 Å². The zero-order valence-corrected chi connectivity index (χ0v) is 28.7. The number of carbonyl (C=O) groups excluding carboxylic acids is 1. The van der Waals surface area contributed by atoms with Crippen molar-refractivity contribution in [3.05, 3.63) is 150 Å². The quantitative estimate of drug-likeness (QED) is 0.144. The van der Waals surface area contributed by atoms with Crippen LogP contribution in [0.5, 0.6) is 17.2 Å². The number of esters is 1. The topological polar surface area (TPSA) is 112 Å². The second-order valence-corrected chi connectivity index (χ2v) is 12.1. The summed E-state index contributed by atoms with van der Waals surface area (Å²) in [6, 6.07) is 30.9. The number of hydrogen-bond acceptors (Lipinski definition) is 9. The average Bonchev–Trinajstić information content (AvgIpc) is 3.45. The van der Waals surface area contributed by atoms with E-state index in [2.05, 4.69) is 6.07 Å². The molecule has 252 valence electrons. The van der Waals surface area contributed by atoms with Crippen LogP contribution in [0.3, 0.4) is 0 Å². The van der Waals surface area contributed by atoms with Crippen molar-refractivity contribution < 1.29 is 23.7 Å². The van der Waals surface area contributed by atoms with Crippen molar-refractivity contribution in [2.45, 2.75) is 33.4 Å². The molecule has 1 aliphatic heterocycles. The van der Waals surface area contributed by atoms with Crippen LogP contribution in [0, 0.1) is 11.3 Å². The molecule has 2 heterocycles. The van der Waals surface area contributed by atoms with Gasteiger partial charge in [-0.25, -0.2) is 9.79 Å². The van der Waals surface area contributed by atoms with Crippen LogP contribution in [0.4, 0.5) is 0 Å². The van der Waals surface area contributed by atoms with Gasteiger partial charge < -0.3 is 18.9 Å². The average molecular weight is 686 g/mol. The van der Waals surface area contributed by atoms with E-state index in [1.54, 1.807) is 29.7 Å². The van der Waals surface area contributed by atoms with Crippen molar-refractivity contribution in [1.82, 2.24) is 4.57 Å². The molecule has 0 fully saturated rings. The molecule has 0 saturated carbocycles. The lowest BCUT2D eigenvalue weighted by Crippen LogP contribution is -2.40. The van der Waals surface area contributed by atoms with Gasteiger partial charge in [0.15, 0.2) is 16.3 Å². The molecule has 9 nitrogen and oxygen atoms in total. The molecule has 1 atom stereocenters. The van der Waals surface area contributed by atoms with E-state index in [-0.39, 0.29) is 24.3 Å². The van der Waals surface area contributed by atoms with Gasteiger partial charge in [0.2, 0.25) is 0 Å². The van der Waals surface area contributed by atoms with Gasteiger partial charge in [0, 0.05) is 11.1 Å². The summed E-state index contributed by atoms with van der Waals surface area (Å²) >= 11 is 1.24. The number of hydrogen-bond donors (Lipinski definition) is 0. The standard InChI is InChI=1S/C40H35N3O6S/c1-4-46-31-19-17-28(18-20-31)37-35(39(45)48-6-3)36(27-12-8-7-9-13-27)42-40-43(37)38(44)34(50-40)23-26-16-21-32(33(22-26)47-5-2)49-25-30-15-11-10-14-29(30)24-41/h7-23,37H,4-6,25H2,1-3H3/b34-23+/t37-/m0/s1. The highest BCUT2D eigenvalue weighted by atomic mass is 32.1. The largest absolute Gasteiger partial charge is 0.494 e. The second kappa shape index (κ2) is 15.5. The highest BCUT2D eigenvalue weighted by Crippen LogP contribution is 2.36. The molecule has 50 heavy (non-hydrogen) atoms. The smallest absolute Gasteiger partial charge is 0.338 e. The molecule has 0 saturated heterocycles. The van der Waals surface area contributed by atoms with E-state index >= 15 is 0 Å². The fourth-order valence-corrected chi connectivity index (χ4v) is 6.73. The lowest BCUT2D eigenvalue weighted by molar-refractivity contribution is -0.138. The summed E-state index contributed by atoms with van der Waals surface area (Å²) in [5.41, 5.74) is 3.91. The Kier molecular flexibility index (Phi) is 10.6. The van der Waals surface area contributed by atoms with Crippen LogP contribution in [0.1, 0.15) is 54.6 Å². The van der Waals surface area contributed by atoms with Gasteiger partial charge in [0.25, 0.3) is 5.56 Å². The van der Waals surface area contributed by atoms with E-state index in [1.807, 2.05) is 98.8 Å². The van der Waals surface area contributed by atoms with Crippen molar-refractivity contribution >= 4 is 29.1 Å². The summed E-state index contributed by atoms with van der Waals surface area (Å²) < 4.78 is 25.2. The predicted molar refractivity (Wildman–Crippen MR) is 192 cm³/mol. The van der Waals surface area contributed by atoms with E-state index in [1.165, 1.54) is 11.3 Å². The fourth-order valence-electron chi connectivity index (χ4n) is 5.73. The number of fused-ring (bicyclic) bond motifs is 1. The second-order valence-electron chi connectivity index (χ2n) is 11.1. The number of carbonyl (C=O) groups is 1. The lowest BCUT2D eigenvalue weighted by atomic mass is 9.93. The van der Waals surface area contributed by atoms with Crippen LogP contribution in [0.2, 0.25) is 0 Å². The lowest BCUT2D eigenvalue weighted by Gasteiger charge is -2.26. The number of thiazole rings is 1. The Bertz CT molecular complexity index is 2270. The van der Waals surface area contributed by atoms with E-state index in [4.69, 9.17) is 23.9 Å². The Balaban J connectivity index is 1.47. The van der Waals surface area contributed by atoms with E-state index in [0.29, 0.717) is 62.2 Å². The predicted octanol–water partition coefficient (Wildman–Crippen LogP) is 6.18. The molecular formula is C40H35N3O6S.